The highest BCUT2D eigenvalue weighted by Gasteiger charge is 2.14. The topological polar surface area (TPSA) is 75.7 Å². The van der Waals surface area contributed by atoms with Crippen molar-refractivity contribution in [3.63, 3.8) is 0 Å². The summed E-state index contributed by atoms with van der Waals surface area (Å²) in [6.07, 6.45) is 2.63. The number of hydrogen-bond donors (Lipinski definition) is 1. The fourth-order valence-electron chi connectivity index (χ4n) is 0.394. The summed E-state index contributed by atoms with van der Waals surface area (Å²) in [6, 6.07) is 0. The third-order valence-corrected chi connectivity index (χ3v) is 3.75. The molecule has 0 bridgehead atoms. The van der Waals surface area contributed by atoms with E-state index >= 15 is 0 Å². The van der Waals surface area contributed by atoms with E-state index in [1.165, 1.54) is 6.26 Å². The first kappa shape index (κ1) is 7.55. The summed E-state index contributed by atoms with van der Waals surface area (Å²) in [6.45, 7) is 0. The smallest absolute Gasteiger partial charge is 0.249 e. The third kappa shape index (κ3) is 1.29. The first-order valence-electron chi connectivity index (χ1n) is 2.33. The van der Waals surface area contributed by atoms with Gasteiger partial charge in [0.2, 0.25) is 0 Å². The van der Waals surface area contributed by atoms with Gasteiger partial charge >= 0.3 is 0 Å². The molecule has 0 unspecified atom stereocenters. The summed E-state index contributed by atoms with van der Waals surface area (Å²) in [5, 5.41) is 5.57. The molecule has 0 saturated heterocycles. The molecule has 0 amide bonds. The number of aromatic nitrogens is 3. The second-order valence-corrected chi connectivity index (χ2v) is 5.36. The second kappa shape index (κ2) is 2.59. The van der Waals surface area contributed by atoms with E-state index in [1.54, 1.807) is 0 Å². The van der Waals surface area contributed by atoms with E-state index < -0.39 is 8.87 Å². The quantitative estimate of drug-likeness (QED) is 0.639. The van der Waals surface area contributed by atoms with Gasteiger partial charge in [0.1, 0.15) is 6.33 Å². The van der Waals surface area contributed by atoms with Gasteiger partial charge < -0.3 is 0 Å². The second-order valence-electron chi connectivity index (χ2n) is 1.41. The van der Waals surface area contributed by atoms with Crippen LogP contribution < -0.4 is 0 Å². The van der Waals surface area contributed by atoms with E-state index in [2.05, 4.69) is 15.2 Å². The van der Waals surface area contributed by atoms with Crippen LogP contribution in [-0.4, -0.2) is 29.9 Å². The number of rotatable bonds is 2. The van der Waals surface area contributed by atoms with Crippen LogP contribution in [0.2, 0.25) is 0 Å². The van der Waals surface area contributed by atoms with Gasteiger partial charge in [-0.25, -0.2) is 18.5 Å². The van der Waals surface area contributed by atoms with Crippen molar-refractivity contribution in [3.05, 3.63) is 6.33 Å². The van der Waals surface area contributed by atoms with Crippen LogP contribution in [0.3, 0.4) is 0 Å². The van der Waals surface area contributed by atoms with E-state index in [-0.39, 0.29) is 5.16 Å². The van der Waals surface area contributed by atoms with Gasteiger partial charge in [0.25, 0.3) is 14.0 Å². The molecule has 0 spiro atoms. The minimum atomic E-state index is -3.27. The zero-order valence-electron chi connectivity index (χ0n) is 5.10. The monoisotopic (exact) mass is 179 g/mol. The van der Waals surface area contributed by atoms with Crippen molar-refractivity contribution in [1.82, 2.24) is 15.2 Å². The number of H-pyrrole nitrogens is 1. The van der Waals surface area contributed by atoms with Gasteiger partial charge in [0.15, 0.2) is 0 Å². The van der Waals surface area contributed by atoms with E-state index in [0.717, 1.165) is 17.1 Å². The molecular formula is C3H5N3O2S2. The highest BCUT2D eigenvalue weighted by molar-refractivity contribution is 8.71. The van der Waals surface area contributed by atoms with Crippen molar-refractivity contribution in [3.8, 4) is 0 Å². The van der Waals surface area contributed by atoms with Crippen LogP contribution in [0.1, 0.15) is 0 Å². The van der Waals surface area contributed by atoms with E-state index in [9.17, 15) is 8.42 Å². The van der Waals surface area contributed by atoms with Crippen molar-refractivity contribution >= 4 is 19.7 Å². The summed E-state index contributed by atoms with van der Waals surface area (Å²) in [7, 11) is -2.54. The molecule has 0 aliphatic carbocycles. The molecule has 0 atom stereocenters. The summed E-state index contributed by atoms with van der Waals surface area (Å²) in [5.74, 6) is 0. The van der Waals surface area contributed by atoms with Crippen molar-refractivity contribution in [2.45, 2.75) is 5.16 Å². The standard InChI is InChI=1S/C3H5N3O2S2/c1-9-10(7,8)3-4-2-5-6-3/h2H,1H3,(H,4,5,6). The van der Waals surface area contributed by atoms with Gasteiger partial charge in [-0.3, -0.25) is 0 Å². The molecule has 5 nitrogen and oxygen atoms in total. The average molecular weight is 179 g/mol. The molecule has 1 aromatic rings. The van der Waals surface area contributed by atoms with E-state index in [1.807, 2.05) is 0 Å². The molecule has 1 rings (SSSR count). The number of aromatic amines is 1. The molecule has 0 fully saturated rings. The van der Waals surface area contributed by atoms with E-state index in [0.29, 0.717) is 0 Å². The Morgan fingerprint density at radius 1 is 1.70 bits per heavy atom. The molecule has 7 heteroatoms. The Bertz CT molecular complexity index is 290. The fraction of sp³-hybridized carbons (Fsp3) is 0.333. The van der Waals surface area contributed by atoms with Crippen molar-refractivity contribution < 1.29 is 8.42 Å². The first-order chi connectivity index (χ1) is 4.67. The molecular weight excluding hydrogens is 174 g/mol. The van der Waals surface area contributed by atoms with Gasteiger partial charge in [-0.1, -0.05) is 0 Å². The highest BCUT2D eigenvalue weighted by Crippen LogP contribution is 2.14. The Labute approximate surface area is 61.6 Å². The summed E-state index contributed by atoms with van der Waals surface area (Å²) >= 11 is 0. The zero-order chi connectivity index (χ0) is 7.61. The molecule has 0 aliphatic rings. The molecule has 1 aromatic heterocycles. The van der Waals surface area contributed by atoms with Crippen LogP contribution in [-0.2, 0) is 8.87 Å². The lowest BCUT2D eigenvalue weighted by molar-refractivity contribution is 0.603. The van der Waals surface area contributed by atoms with Gasteiger partial charge in [0.05, 0.1) is 0 Å². The maximum Gasteiger partial charge on any atom is 0.264 e. The number of nitrogens with one attached hydrogen (secondary N) is 1. The maximum atomic E-state index is 10.9. The Morgan fingerprint density at radius 3 is 2.80 bits per heavy atom. The van der Waals surface area contributed by atoms with Crippen LogP contribution in [0.5, 0.6) is 0 Å². The Balaban J connectivity index is 3.09. The Hall–Kier alpha value is -0.560. The normalized spacial score (nSPS) is 11.7. The molecule has 1 heterocycles. The summed E-state index contributed by atoms with van der Waals surface area (Å²) < 4.78 is 21.8. The molecule has 10 heavy (non-hydrogen) atoms. The SMILES string of the molecule is CSS(=O)(=O)c1ncn[nH]1. The predicted molar refractivity (Wildman–Crippen MR) is 37.1 cm³/mol. The molecule has 0 radical (unpaired) electrons. The Kier molecular flexibility index (Phi) is 1.95. The van der Waals surface area contributed by atoms with Crippen LogP contribution in [0.4, 0.5) is 0 Å². The molecule has 1 N–H and O–H groups in total. The minimum Gasteiger partial charge on any atom is -0.249 e. The van der Waals surface area contributed by atoms with Crippen LogP contribution in [0, 0.1) is 0 Å². The van der Waals surface area contributed by atoms with Crippen LogP contribution in [0.15, 0.2) is 11.5 Å². The summed E-state index contributed by atoms with van der Waals surface area (Å²) in [4.78, 5) is 3.48. The number of nitrogens with zero attached hydrogens (tertiary/aromatic N) is 2. The minimum absolute atomic E-state index is 0.0972. The summed E-state index contributed by atoms with van der Waals surface area (Å²) in [5.41, 5.74) is 0. The lowest BCUT2D eigenvalue weighted by Crippen LogP contribution is -1.96. The first-order valence-corrected chi connectivity index (χ1v) is 5.55. The zero-order valence-corrected chi connectivity index (χ0v) is 6.74. The fourth-order valence-corrected chi connectivity index (χ4v) is 1.61. The average Bonchev–Trinajstić information content (AvgIpc) is 2.38. The molecule has 0 aromatic carbocycles. The van der Waals surface area contributed by atoms with E-state index in [4.69, 9.17) is 0 Å². The molecule has 0 aliphatic heterocycles. The largest absolute Gasteiger partial charge is 0.264 e. The van der Waals surface area contributed by atoms with Crippen molar-refractivity contribution in [2.75, 3.05) is 6.26 Å². The van der Waals surface area contributed by atoms with Crippen molar-refractivity contribution in [2.24, 2.45) is 0 Å². The number of hydrogen-bond acceptors (Lipinski definition) is 5. The highest BCUT2D eigenvalue weighted by atomic mass is 33.1. The van der Waals surface area contributed by atoms with Gasteiger partial charge in [0, 0.05) is 0 Å². The van der Waals surface area contributed by atoms with Gasteiger partial charge in [-0.15, -0.1) is 0 Å². The maximum absolute atomic E-state index is 10.9. The van der Waals surface area contributed by atoms with Gasteiger partial charge in [-0.2, -0.15) is 5.10 Å². The van der Waals surface area contributed by atoms with Crippen LogP contribution in [0.25, 0.3) is 0 Å². The molecule has 56 valence electrons. The van der Waals surface area contributed by atoms with Crippen LogP contribution >= 0.6 is 10.8 Å². The van der Waals surface area contributed by atoms with Gasteiger partial charge in [-0.05, 0) is 17.0 Å². The lowest BCUT2D eigenvalue weighted by atomic mass is 11.3. The van der Waals surface area contributed by atoms with Crippen molar-refractivity contribution in [1.29, 1.82) is 0 Å². The predicted octanol–water partition coefficient (Wildman–Crippen LogP) is -0.144. The third-order valence-electron chi connectivity index (χ3n) is 0.849. The molecule has 0 saturated carbocycles. The lowest BCUT2D eigenvalue weighted by Gasteiger charge is -1.90. The Morgan fingerprint density at radius 2 is 2.40 bits per heavy atom.